The van der Waals surface area contributed by atoms with Crippen molar-refractivity contribution in [2.75, 3.05) is 19.7 Å². The Kier molecular flexibility index (Phi) is 8.65. The van der Waals surface area contributed by atoms with Crippen molar-refractivity contribution < 1.29 is 17.9 Å². The number of nitrogens with one attached hydrogen (secondary N) is 2. The number of carbonyl (C=O) groups excluding carboxylic acids is 1. The van der Waals surface area contributed by atoms with Gasteiger partial charge >= 0.3 is 0 Å². The van der Waals surface area contributed by atoms with E-state index in [-0.39, 0.29) is 29.3 Å². The molecule has 0 radical (unpaired) electrons. The van der Waals surface area contributed by atoms with Gasteiger partial charge in [0.1, 0.15) is 5.75 Å². The van der Waals surface area contributed by atoms with Gasteiger partial charge in [-0.15, -0.1) is 0 Å². The lowest BCUT2D eigenvalue weighted by Crippen LogP contribution is -2.35. The zero-order valence-corrected chi connectivity index (χ0v) is 19.9. The normalized spacial score (nSPS) is 11.9. The Morgan fingerprint density at radius 3 is 2.32 bits per heavy atom. The van der Waals surface area contributed by atoms with Crippen LogP contribution in [0.25, 0.3) is 0 Å². The molecule has 0 aliphatic heterocycles. The van der Waals surface area contributed by atoms with Crippen LogP contribution in [-0.4, -0.2) is 34.0 Å². The van der Waals surface area contributed by atoms with Gasteiger partial charge < -0.3 is 10.1 Å². The molecule has 2 rings (SSSR count). The first kappa shape index (κ1) is 24.9. The van der Waals surface area contributed by atoms with Crippen molar-refractivity contribution in [3.63, 3.8) is 0 Å². The van der Waals surface area contributed by atoms with Crippen LogP contribution >= 0.6 is 0 Å². The second-order valence-electron chi connectivity index (χ2n) is 8.74. The van der Waals surface area contributed by atoms with E-state index in [0.29, 0.717) is 25.0 Å². The number of benzene rings is 2. The van der Waals surface area contributed by atoms with Crippen molar-refractivity contribution in [1.82, 2.24) is 10.0 Å². The van der Waals surface area contributed by atoms with Crippen molar-refractivity contribution in [2.24, 2.45) is 0 Å². The van der Waals surface area contributed by atoms with Gasteiger partial charge in [-0.25, -0.2) is 13.1 Å². The van der Waals surface area contributed by atoms with Crippen LogP contribution in [-0.2, 0) is 20.2 Å². The molecule has 0 unspecified atom stereocenters. The average molecular weight is 447 g/mol. The van der Waals surface area contributed by atoms with Gasteiger partial charge in [-0.3, -0.25) is 4.79 Å². The Morgan fingerprint density at radius 1 is 1.00 bits per heavy atom. The van der Waals surface area contributed by atoms with E-state index in [2.05, 4.69) is 42.9 Å². The van der Waals surface area contributed by atoms with E-state index in [1.165, 1.54) is 5.56 Å². The van der Waals surface area contributed by atoms with Gasteiger partial charge in [0, 0.05) is 19.5 Å². The fourth-order valence-corrected chi connectivity index (χ4v) is 4.38. The molecule has 0 atom stereocenters. The monoisotopic (exact) mass is 446 g/mol. The maximum Gasteiger partial charge on any atom is 0.240 e. The van der Waals surface area contributed by atoms with Crippen LogP contribution < -0.4 is 14.8 Å². The number of hydrogen-bond donors (Lipinski definition) is 2. The molecule has 0 heterocycles. The minimum Gasteiger partial charge on any atom is -0.494 e. The number of carbonyl (C=O) groups is 1. The SMILES string of the molecule is Cc1ccc(C)c(S(=O)(=O)NCCNC(=O)CCCOc2ccc(C(C)(C)C)cc2)c1. The molecule has 2 aromatic rings. The minimum atomic E-state index is -3.60. The Balaban J connectivity index is 1.65. The number of ether oxygens (including phenoxy) is 1. The third-order valence-corrected chi connectivity index (χ3v) is 6.51. The summed E-state index contributed by atoms with van der Waals surface area (Å²) in [6.45, 7) is 10.9. The molecule has 0 aliphatic rings. The molecule has 2 N–H and O–H groups in total. The summed E-state index contributed by atoms with van der Waals surface area (Å²) >= 11 is 0. The molecular formula is C24H34N2O4S. The molecule has 0 saturated heterocycles. The van der Waals surface area contributed by atoms with Crippen LogP contribution in [0.5, 0.6) is 5.75 Å². The van der Waals surface area contributed by atoms with Crippen LogP contribution in [0.15, 0.2) is 47.4 Å². The number of sulfonamides is 1. The average Bonchev–Trinajstić information content (AvgIpc) is 2.70. The molecule has 0 saturated carbocycles. The summed E-state index contributed by atoms with van der Waals surface area (Å²) in [6, 6.07) is 13.3. The molecule has 31 heavy (non-hydrogen) atoms. The zero-order chi connectivity index (χ0) is 23.1. The van der Waals surface area contributed by atoms with Crippen LogP contribution in [0.1, 0.15) is 50.3 Å². The first-order valence-electron chi connectivity index (χ1n) is 10.6. The molecule has 6 nitrogen and oxygen atoms in total. The van der Waals surface area contributed by atoms with Crippen LogP contribution in [0.2, 0.25) is 0 Å². The number of amides is 1. The molecule has 0 aromatic heterocycles. The lowest BCUT2D eigenvalue weighted by atomic mass is 9.87. The van der Waals surface area contributed by atoms with E-state index in [1.54, 1.807) is 19.1 Å². The molecule has 0 bridgehead atoms. The smallest absolute Gasteiger partial charge is 0.240 e. The largest absolute Gasteiger partial charge is 0.494 e. The van der Waals surface area contributed by atoms with Gasteiger partial charge in [-0.2, -0.15) is 0 Å². The van der Waals surface area contributed by atoms with Gasteiger partial charge in [0.25, 0.3) is 0 Å². The molecule has 2 aromatic carbocycles. The molecule has 170 valence electrons. The number of hydrogen-bond acceptors (Lipinski definition) is 4. The first-order valence-corrected chi connectivity index (χ1v) is 12.0. The van der Waals surface area contributed by atoms with Crippen molar-refractivity contribution in [3.05, 3.63) is 59.2 Å². The highest BCUT2D eigenvalue weighted by Crippen LogP contribution is 2.24. The third-order valence-electron chi connectivity index (χ3n) is 4.91. The van der Waals surface area contributed by atoms with E-state index >= 15 is 0 Å². The summed E-state index contributed by atoms with van der Waals surface area (Å²) in [5.74, 6) is 0.659. The van der Waals surface area contributed by atoms with Crippen molar-refractivity contribution in [1.29, 1.82) is 0 Å². The molecular weight excluding hydrogens is 412 g/mol. The first-order chi connectivity index (χ1) is 14.5. The Hall–Kier alpha value is -2.38. The molecule has 7 heteroatoms. The van der Waals surface area contributed by atoms with Crippen molar-refractivity contribution in [3.8, 4) is 5.75 Å². The van der Waals surface area contributed by atoms with E-state index < -0.39 is 10.0 Å². The van der Waals surface area contributed by atoms with Crippen LogP contribution in [0.3, 0.4) is 0 Å². The van der Waals surface area contributed by atoms with Crippen LogP contribution in [0, 0.1) is 13.8 Å². The fraction of sp³-hybridized carbons (Fsp3) is 0.458. The highest BCUT2D eigenvalue weighted by Gasteiger charge is 2.16. The summed E-state index contributed by atoms with van der Waals surface area (Å²) in [7, 11) is -3.60. The number of aryl methyl sites for hydroxylation is 2. The van der Waals surface area contributed by atoms with E-state index in [9.17, 15) is 13.2 Å². The topological polar surface area (TPSA) is 84.5 Å². The second kappa shape index (κ2) is 10.8. The highest BCUT2D eigenvalue weighted by atomic mass is 32.2. The van der Waals surface area contributed by atoms with Crippen molar-refractivity contribution >= 4 is 15.9 Å². The Morgan fingerprint density at radius 2 is 1.68 bits per heavy atom. The Bertz CT molecular complexity index is 978. The summed E-state index contributed by atoms with van der Waals surface area (Å²) < 4.78 is 33.1. The van der Waals surface area contributed by atoms with Crippen molar-refractivity contribution in [2.45, 2.75) is 57.8 Å². The molecule has 0 fully saturated rings. The standard InChI is InChI=1S/C24H34N2O4S/c1-18-8-9-19(2)22(17-18)31(28,29)26-15-14-25-23(27)7-6-16-30-21-12-10-20(11-13-21)24(3,4)5/h8-13,17,26H,6-7,14-16H2,1-5H3,(H,25,27). The summed E-state index contributed by atoms with van der Waals surface area (Å²) in [4.78, 5) is 12.2. The maximum absolute atomic E-state index is 12.4. The summed E-state index contributed by atoms with van der Waals surface area (Å²) in [5, 5.41) is 2.73. The van der Waals surface area contributed by atoms with Gasteiger partial charge in [-0.1, -0.05) is 45.0 Å². The van der Waals surface area contributed by atoms with Gasteiger partial charge in [0.2, 0.25) is 15.9 Å². The summed E-state index contributed by atoms with van der Waals surface area (Å²) in [6.07, 6.45) is 0.908. The highest BCUT2D eigenvalue weighted by molar-refractivity contribution is 7.89. The second-order valence-corrected chi connectivity index (χ2v) is 10.5. The van der Waals surface area contributed by atoms with Gasteiger partial charge in [0.15, 0.2) is 0 Å². The predicted molar refractivity (Wildman–Crippen MR) is 124 cm³/mol. The van der Waals surface area contributed by atoms with E-state index in [1.807, 2.05) is 25.1 Å². The fourth-order valence-electron chi connectivity index (χ4n) is 3.02. The molecule has 0 spiro atoms. The quantitative estimate of drug-likeness (QED) is 0.543. The molecule has 0 aliphatic carbocycles. The Labute approximate surface area is 186 Å². The van der Waals surface area contributed by atoms with Gasteiger partial charge in [0.05, 0.1) is 11.5 Å². The maximum atomic E-state index is 12.4. The zero-order valence-electron chi connectivity index (χ0n) is 19.1. The predicted octanol–water partition coefficient (Wildman–Crippen LogP) is 3.85. The third kappa shape index (κ3) is 7.99. The summed E-state index contributed by atoms with van der Waals surface area (Å²) in [5.41, 5.74) is 2.91. The lowest BCUT2D eigenvalue weighted by molar-refractivity contribution is -0.121. The van der Waals surface area contributed by atoms with Gasteiger partial charge in [-0.05, 0) is 60.6 Å². The lowest BCUT2D eigenvalue weighted by Gasteiger charge is -2.19. The molecule has 1 amide bonds. The van der Waals surface area contributed by atoms with E-state index in [0.717, 1.165) is 11.3 Å². The van der Waals surface area contributed by atoms with Crippen LogP contribution in [0.4, 0.5) is 0 Å². The van der Waals surface area contributed by atoms with E-state index in [4.69, 9.17) is 4.74 Å². The number of rotatable bonds is 10. The minimum absolute atomic E-state index is 0.101.